The number of benzene rings is 2. The lowest BCUT2D eigenvalue weighted by atomic mass is 9.93. The minimum Gasteiger partial charge on any atom is -0.461 e. The third kappa shape index (κ3) is 7.41. The van der Waals surface area contributed by atoms with E-state index in [1.165, 1.54) is 12.1 Å². The molecular weight excluding hydrogens is 741 g/mol. The lowest BCUT2D eigenvalue weighted by Crippen LogP contribution is -2.57. The molecule has 0 aliphatic carbocycles. The molecule has 15 heteroatoms. The largest absolute Gasteiger partial charge is 0.461 e. The second kappa shape index (κ2) is 14.3. The summed E-state index contributed by atoms with van der Waals surface area (Å²) in [5.41, 5.74) is -0.792. The van der Waals surface area contributed by atoms with Crippen LogP contribution in [0.15, 0.2) is 18.2 Å². The summed E-state index contributed by atoms with van der Waals surface area (Å²) < 4.78 is 50.5. The van der Waals surface area contributed by atoms with Crippen LogP contribution in [0.1, 0.15) is 85.3 Å². The van der Waals surface area contributed by atoms with Crippen molar-refractivity contribution < 1.29 is 32.6 Å². The molecule has 3 atom stereocenters. The number of aryl methyl sites for hydroxylation is 1. The van der Waals surface area contributed by atoms with Gasteiger partial charge in [0.1, 0.15) is 46.0 Å². The van der Waals surface area contributed by atoms with Crippen LogP contribution in [0.4, 0.5) is 29.2 Å². The molecule has 2 bridgehead atoms. The lowest BCUT2D eigenvalue weighted by Gasteiger charge is -2.42. The third-order valence-electron chi connectivity index (χ3n) is 10.9. The monoisotopic (exact) mass is 789 g/mol. The number of carbonyl (C=O) groups excluding carboxylic acids is 2. The van der Waals surface area contributed by atoms with Gasteiger partial charge in [0.05, 0.1) is 27.9 Å². The Bertz CT molecular complexity index is 2260. The third-order valence-corrected chi connectivity index (χ3v) is 12.0. The van der Waals surface area contributed by atoms with E-state index < -0.39 is 28.9 Å². The molecule has 3 fully saturated rings. The number of carbonyl (C=O) groups is 2. The van der Waals surface area contributed by atoms with Gasteiger partial charge in [-0.3, -0.25) is 15.1 Å². The number of likely N-dealkylation sites (N-methyl/N-ethyl adjacent to an activating group) is 1. The van der Waals surface area contributed by atoms with Crippen molar-refractivity contribution >= 4 is 55.3 Å². The number of aromatic nitrogens is 2. The minimum absolute atomic E-state index is 0.00997. The van der Waals surface area contributed by atoms with Crippen LogP contribution in [0.5, 0.6) is 6.01 Å². The number of halogens is 2. The van der Waals surface area contributed by atoms with Gasteiger partial charge in [0.2, 0.25) is 0 Å². The molecule has 3 aliphatic rings. The molecule has 0 spiro atoms. The van der Waals surface area contributed by atoms with E-state index in [2.05, 4.69) is 40.1 Å². The lowest BCUT2D eigenvalue weighted by molar-refractivity contribution is 0.0122. The van der Waals surface area contributed by atoms with Crippen LogP contribution >= 0.6 is 11.3 Å². The van der Waals surface area contributed by atoms with E-state index in [-0.39, 0.29) is 67.0 Å². The van der Waals surface area contributed by atoms with Gasteiger partial charge in [-0.05, 0) is 118 Å². The predicted octanol–water partition coefficient (Wildman–Crippen LogP) is 8.77. The summed E-state index contributed by atoms with van der Waals surface area (Å²) >= 11 is 0.882. The van der Waals surface area contributed by atoms with Crippen molar-refractivity contribution in [1.29, 1.82) is 5.26 Å². The fourth-order valence-corrected chi connectivity index (χ4v) is 9.24. The van der Waals surface area contributed by atoms with Crippen LogP contribution in [0.3, 0.4) is 0 Å². The minimum atomic E-state index is -0.811. The van der Waals surface area contributed by atoms with Crippen molar-refractivity contribution in [2.45, 2.75) is 110 Å². The zero-order chi connectivity index (χ0) is 40.5. The maximum absolute atomic E-state index is 17.5. The first kappa shape index (κ1) is 39.4. The van der Waals surface area contributed by atoms with Gasteiger partial charge < -0.3 is 19.1 Å². The number of ether oxygens (including phenoxy) is 3. The second-order valence-corrected chi connectivity index (χ2v) is 18.5. The van der Waals surface area contributed by atoms with Gasteiger partial charge in [0.25, 0.3) is 0 Å². The first-order valence-electron chi connectivity index (χ1n) is 19.0. The molecule has 3 aliphatic heterocycles. The Morgan fingerprint density at radius 1 is 1.07 bits per heavy atom. The Balaban J connectivity index is 1.34. The first-order chi connectivity index (χ1) is 26.3. The Labute approximate surface area is 329 Å². The molecule has 4 aromatic rings. The summed E-state index contributed by atoms with van der Waals surface area (Å²) in [6, 6.07) is 6.36. The summed E-state index contributed by atoms with van der Waals surface area (Å²) in [7, 11) is 2.05. The van der Waals surface area contributed by atoms with Gasteiger partial charge in [0, 0.05) is 29.4 Å². The van der Waals surface area contributed by atoms with E-state index in [9.17, 15) is 14.9 Å². The fourth-order valence-electron chi connectivity index (χ4n) is 8.17. The molecule has 0 radical (unpaired) electrons. The number of nitriles is 1. The van der Waals surface area contributed by atoms with E-state index in [0.717, 1.165) is 43.6 Å². The summed E-state index contributed by atoms with van der Waals surface area (Å²) in [5, 5.41) is 13.7. The molecule has 0 saturated carbocycles. The second-order valence-electron chi connectivity index (χ2n) is 17.4. The van der Waals surface area contributed by atoms with Gasteiger partial charge >= 0.3 is 18.2 Å². The van der Waals surface area contributed by atoms with Crippen LogP contribution in [-0.4, -0.2) is 94.1 Å². The highest BCUT2D eigenvalue weighted by atomic mass is 32.1. The Hall–Kier alpha value is -4.81. The first-order valence-corrected chi connectivity index (χ1v) is 19.8. The highest BCUT2D eigenvalue weighted by Gasteiger charge is 2.45. The highest BCUT2D eigenvalue weighted by Crippen LogP contribution is 2.46. The number of rotatable bonds is 6. The van der Waals surface area contributed by atoms with Crippen molar-refractivity contribution in [1.82, 2.24) is 19.8 Å². The number of nitrogens with one attached hydrogen (secondary N) is 1. The fraction of sp³-hybridized carbons (Fsp3) is 0.537. The number of likely N-dealkylation sites (tertiary alicyclic amines) is 1. The maximum Gasteiger partial charge on any atom is 0.412 e. The molecule has 7 rings (SSSR count). The summed E-state index contributed by atoms with van der Waals surface area (Å²) in [5.74, 6) is -0.810. The number of nitrogens with zero attached hydrogens (tertiary/aromatic N) is 6. The van der Waals surface area contributed by atoms with Crippen LogP contribution in [0, 0.1) is 29.9 Å². The van der Waals surface area contributed by atoms with Crippen molar-refractivity contribution in [2.24, 2.45) is 0 Å². The average molecular weight is 790 g/mol. The molecule has 3 saturated heterocycles. The van der Waals surface area contributed by atoms with E-state index in [1.807, 2.05) is 31.7 Å². The maximum atomic E-state index is 17.5. The van der Waals surface area contributed by atoms with Gasteiger partial charge in [-0.2, -0.15) is 15.2 Å². The molecular formula is C41H49F2N7O5S. The van der Waals surface area contributed by atoms with Gasteiger partial charge in [0.15, 0.2) is 5.82 Å². The number of amides is 2. The number of hydrogen-bond acceptors (Lipinski definition) is 11. The molecule has 2 amide bonds. The molecule has 2 aromatic heterocycles. The van der Waals surface area contributed by atoms with E-state index in [1.54, 1.807) is 27.7 Å². The molecule has 12 nitrogen and oxygen atoms in total. The standard InChI is InChI=1S/C41H49F2N7O5S/c1-22-17-26-32(31(43)29(22)25-13-14-28(42)33-30(25)27(18-44)35(56-33)47-37(51)54-39(2,3)4)45-36(53-21-41(8)15-10-16-48(41)9)46-34(26)49-19-23-11-12-24(20-49)50(23)38(52)55-40(5,6)7/h13-14,17,23-24H,10-12,15-16,19-21H2,1-9H3,(H,47,51)/t23?,24?,41-/m0/s1. The van der Waals surface area contributed by atoms with Crippen LogP contribution in [-0.2, 0) is 9.47 Å². The van der Waals surface area contributed by atoms with Crippen molar-refractivity contribution in [3.05, 3.63) is 41.0 Å². The molecule has 5 heterocycles. The summed E-state index contributed by atoms with van der Waals surface area (Å²) in [6.07, 6.45) is 2.39. The normalized spacial score (nSPS) is 21.5. The topological polar surface area (TPSA) is 133 Å². The molecule has 2 aromatic carbocycles. The zero-order valence-corrected chi connectivity index (χ0v) is 34.2. The van der Waals surface area contributed by atoms with Crippen molar-refractivity contribution in [3.63, 3.8) is 0 Å². The van der Waals surface area contributed by atoms with Gasteiger partial charge in [-0.15, -0.1) is 11.3 Å². The van der Waals surface area contributed by atoms with E-state index >= 15 is 8.78 Å². The summed E-state index contributed by atoms with van der Waals surface area (Å²) in [6.45, 7) is 16.7. The number of piperazine rings is 1. The Morgan fingerprint density at radius 3 is 2.36 bits per heavy atom. The Morgan fingerprint density at radius 2 is 1.75 bits per heavy atom. The number of thiophene rings is 1. The van der Waals surface area contributed by atoms with E-state index in [4.69, 9.17) is 19.2 Å². The van der Waals surface area contributed by atoms with E-state index in [0.29, 0.717) is 36.5 Å². The number of fused-ring (bicyclic) bond motifs is 4. The molecule has 1 N–H and O–H groups in total. The van der Waals surface area contributed by atoms with Crippen molar-refractivity contribution in [2.75, 3.05) is 43.5 Å². The molecule has 298 valence electrons. The van der Waals surface area contributed by atoms with Crippen molar-refractivity contribution in [3.8, 4) is 23.2 Å². The average Bonchev–Trinajstić information content (AvgIpc) is 3.72. The molecule has 56 heavy (non-hydrogen) atoms. The van der Waals surface area contributed by atoms with Gasteiger partial charge in [-0.25, -0.2) is 18.4 Å². The summed E-state index contributed by atoms with van der Waals surface area (Å²) in [4.78, 5) is 41.8. The van der Waals surface area contributed by atoms with Crippen LogP contribution < -0.4 is 15.0 Å². The number of hydrogen-bond donors (Lipinski definition) is 1. The zero-order valence-electron chi connectivity index (χ0n) is 33.4. The molecule has 2 unspecified atom stereocenters. The Kier molecular flexibility index (Phi) is 10.1. The van der Waals surface area contributed by atoms with Gasteiger partial charge in [-0.1, -0.05) is 6.07 Å². The van der Waals surface area contributed by atoms with Crippen LogP contribution in [0.25, 0.3) is 32.1 Å². The highest BCUT2D eigenvalue weighted by molar-refractivity contribution is 7.23. The predicted molar refractivity (Wildman–Crippen MR) is 212 cm³/mol. The smallest absolute Gasteiger partial charge is 0.412 e. The SMILES string of the molecule is Cc1cc2c(N3CC4CCC(C3)N4C(=O)OC(C)(C)C)nc(OC[C@]3(C)CCCN3C)nc2c(F)c1-c1ccc(F)c2sc(NC(=O)OC(C)(C)C)c(C#N)c12. The van der Waals surface area contributed by atoms with Crippen LogP contribution in [0.2, 0.25) is 0 Å². The quantitative estimate of drug-likeness (QED) is 0.202. The number of anilines is 2.